The molecule has 0 aromatic heterocycles. The lowest BCUT2D eigenvalue weighted by Crippen LogP contribution is -2.17. The Morgan fingerprint density at radius 3 is 2.57 bits per heavy atom. The molecule has 2 rings (SSSR count). The van der Waals surface area contributed by atoms with Crippen molar-refractivity contribution in [1.29, 1.82) is 0 Å². The number of benzene rings is 2. The molecular weight excluding hydrogens is 318 g/mol. The molecule has 2 aromatic carbocycles. The molecule has 0 spiro atoms. The number of amides is 1. The highest BCUT2D eigenvalue weighted by Gasteiger charge is 2.14. The van der Waals surface area contributed by atoms with Crippen molar-refractivity contribution >= 4 is 35.3 Å². The maximum absolute atomic E-state index is 12.7. The van der Waals surface area contributed by atoms with Crippen molar-refractivity contribution in [3.63, 3.8) is 0 Å². The summed E-state index contributed by atoms with van der Waals surface area (Å²) in [5.41, 5.74) is 2.72. The lowest BCUT2D eigenvalue weighted by atomic mass is 10.2. The van der Waals surface area contributed by atoms with Crippen LogP contribution in [0.4, 0.5) is 4.39 Å². The molecule has 0 radical (unpaired) electrons. The van der Waals surface area contributed by atoms with Crippen LogP contribution in [0, 0.1) is 5.82 Å². The fraction of sp³-hybridized carbons (Fsp3) is 0. The number of rotatable bonds is 3. The smallest absolute Gasteiger partial charge is 0.275 e. The van der Waals surface area contributed by atoms with Gasteiger partial charge in [-0.15, -0.1) is 0 Å². The number of nitrogens with one attached hydrogen (secondary N) is 1. The number of carbonyl (C=O) groups excluding carboxylic acids is 1. The zero-order valence-corrected chi connectivity index (χ0v) is 12.0. The van der Waals surface area contributed by atoms with E-state index in [4.69, 9.17) is 23.2 Å². The second-order valence-electron chi connectivity index (χ2n) is 4.03. The Morgan fingerprint density at radius 2 is 1.90 bits per heavy atom. The largest absolute Gasteiger partial charge is 0.506 e. The second kappa shape index (κ2) is 6.56. The van der Waals surface area contributed by atoms with Gasteiger partial charge in [-0.05, 0) is 29.8 Å². The summed E-state index contributed by atoms with van der Waals surface area (Å²) in [5, 5.41) is 13.6. The lowest BCUT2D eigenvalue weighted by Gasteiger charge is -2.05. The monoisotopic (exact) mass is 326 g/mol. The summed E-state index contributed by atoms with van der Waals surface area (Å²) in [5.74, 6) is -1.42. The Balaban J connectivity index is 2.10. The third-order valence-electron chi connectivity index (χ3n) is 2.52. The van der Waals surface area contributed by atoms with Gasteiger partial charge >= 0.3 is 0 Å². The van der Waals surface area contributed by atoms with Gasteiger partial charge in [0.15, 0.2) is 0 Å². The first-order valence-electron chi connectivity index (χ1n) is 5.74. The van der Waals surface area contributed by atoms with Crippen LogP contribution in [0.2, 0.25) is 10.0 Å². The first-order chi connectivity index (χ1) is 9.97. The van der Waals surface area contributed by atoms with E-state index in [2.05, 4.69) is 10.5 Å². The molecule has 0 heterocycles. The van der Waals surface area contributed by atoms with E-state index >= 15 is 0 Å². The standard InChI is InChI=1S/C14H9Cl2FN2O2/c15-9-5-11(13(20)12(16)6-9)14(21)19-18-7-8-1-3-10(17)4-2-8/h1-7,20H,(H,19,21)/b18-7-. The molecule has 0 atom stereocenters. The fourth-order valence-corrected chi connectivity index (χ4v) is 2.01. The number of hydrogen-bond donors (Lipinski definition) is 2. The Bertz CT molecular complexity index is 703. The van der Waals surface area contributed by atoms with Crippen molar-refractivity contribution in [2.24, 2.45) is 5.10 Å². The van der Waals surface area contributed by atoms with E-state index in [1.807, 2.05) is 0 Å². The summed E-state index contributed by atoms with van der Waals surface area (Å²) in [6, 6.07) is 8.12. The summed E-state index contributed by atoms with van der Waals surface area (Å²) in [7, 11) is 0. The summed E-state index contributed by atoms with van der Waals surface area (Å²) in [6.45, 7) is 0. The van der Waals surface area contributed by atoms with Gasteiger partial charge in [-0.1, -0.05) is 35.3 Å². The normalized spacial score (nSPS) is 10.8. The molecule has 0 aliphatic carbocycles. The molecular formula is C14H9Cl2FN2O2. The highest BCUT2D eigenvalue weighted by Crippen LogP contribution is 2.30. The highest BCUT2D eigenvalue weighted by molar-refractivity contribution is 6.36. The minimum atomic E-state index is -0.671. The van der Waals surface area contributed by atoms with Crippen molar-refractivity contribution < 1.29 is 14.3 Å². The molecule has 0 bridgehead atoms. The van der Waals surface area contributed by atoms with Gasteiger partial charge in [-0.2, -0.15) is 5.10 Å². The summed E-state index contributed by atoms with van der Waals surface area (Å²) >= 11 is 11.5. The van der Waals surface area contributed by atoms with Crippen LogP contribution in [0.1, 0.15) is 15.9 Å². The molecule has 0 aliphatic heterocycles. The molecule has 0 fully saturated rings. The quantitative estimate of drug-likeness (QED) is 0.668. The van der Waals surface area contributed by atoms with Gasteiger partial charge in [-0.25, -0.2) is 9.82 Å². The van der Waals surface area contributed by atoms with Crippen LogP contribution in [0.3, 0.4) is 0 Å². The molecule has 0 aliphatic rings. The number of hydrazone groups is 1. The molecule has 2 N–H and O–H groups in total. The summed E-state index contributed by atoms with van der Waals surface area (Å²) < 4.78 is 12.7. The van der Waals surface area contributed by atoms with Crippen LogP contribution in [-0.2, 0) is 0 Å². The van der Waals surface area contributed by atoms with E-state index in [0.29, 0.717) is 5.56 Å². The topological polar surface area (TPSA) is 61.7 Å². The van der Waals surface area contributed by atoms with Gasteiger partial charge in [0.25, 0.3) is 5.91 Å². The van der Waals surface area contributed by atoms with E-state index in [-0.39, 0.29) is 27.2 Å². The zero-order chi connectivity index (χ0) is 15.4. The van der Waals surface area contributed by atoms with Gasteiger partial charge in [0.1, 0.15) is 11.6 Å². The van der Waals surface area contributed by atoms with Crippen LogP contribution in [0.25, 0.3) is 0 Å². The van der Waals surface area contributed by atoms with Crippen LogP contribution in [0.15, 0.2) is 41.5 Å². The Morgan fingerprint density at radius 1 is 1.24 bits per heavy atom. The third-order valence-corrected chi connectivity index (χ3v) is 3.03. The van der Waals surface area contributed by atoms with Crippen LogP contribution in [0.5, 0.6) is 5.75 Å². The fourth-order valence-electron chi connectivity index (χ4n) is 1.51. The molecule has 0 unspecified atom stereocenters. The molecule has 0 saturated heterocycles. The third kappa shape index (κ3) is 3.93. The molecule has 4 nitrogen and oxygen atoms in total. The van der Waals surface area contributed by atoms with Gasteiger partial charge in [-0.3, -0.25) is 4.79 Å². The van der Waals surface area contributed by atoms with E-state index in [0.717, 1.165) is 0 Å². The first-order valence-corrected chi connectivity index (χ1v) is 6.50. The van der Waals surface area contributed by atoms with Crippen LogP contribution >= 0.6 is 23.2 Å². The summed E-state index contributed by atoms with van der Waals surface area (Å²) in [4.78, 5) is 11.9. The molecule has 7 heteroatoms. The van der Waals surface area contributed by atoms with E-state index < -0.39 is 5.91 Å². The van der Waals surface area contributed by atoms with Crippen LogP contribution in [-0.4, -0.2) is 17.2 Å². The average molecular weight is 327 g/mol. The maximum atomic E-state index is 12.7. The lowest BCUT2D eigenvalue weighted by molar-refractivity contribution is 0.0952. The predicted molar refractivity (Wildman–Crippen MR) is 79.6 cm³/mol. The van der Waals surface area contributed by atoms with Gasteiger partial charge in [0.2, 0.25) is 0 Å². The Labute approximate surface area is 129 Å². The molecule has 108 valence electrons. The van der Waals surface area contributed by atoms with Crippen molar-refractivity contribution in [2.45, 2.75) is 0 Å². The highest BCUT2D eigenvalue weighted by atomic mass is 35.5. The zero-order valence-electron chi connectivity index (χ0n) is 10.5. The second-order valence-corrected chi connectivity index (χ2v) is 4.88. The van der Waals surface area contributed by atoms with Gasteiger partial charge in [0, 0.05) is 5.02 Å². The number of hydrogen-bond acceptors (Lipinski definition) is 3. The summed E-state index contributed by atoms with van der Waals surface area (Å²) in [6.07, 6.45) is 1.33. The van der Waals surface area contributed by atoms with E-state index in [1.165, 1.54) is 42.6 Å². The number of phenolic OH excluding ortho intramolecular Hbond substituents is 1. The van der Waals surface area contributed by atoms with E-state index in [9.17, 15) is 14.3 Å². The van der Waals surface area contributed by atoms with Crippen molar-refractivity contribution in [1.82, 2.24) is 5.43 Å². The minimum Gasteiger partial charge on any atom is -0.506 e. The first kappa shape index (κ1) is 15.3. The molecule has 21 heavy (non-hydrogen) atoms. The predicted octanol–water partition coefficient (Wildman–Crippen LogP) is 3.60. The van der Waals surface area contributed by atoms with Crippen molar-refractivity contribution in [3.05, 3.63) is 63.4 Å². The molecule has 2 aromatic rings. The minimum absolute atomic E-state index is 0.0323. The SMILES string of the molecule is O=C(N/N=C\c1ccc(F)cc1)c1cc(Cl)cc(Cl)c1O. The molecule has 1 amide bonds. The van der Waals surface area contributed by atoms with Crippen molar-refractivity contribution in [3.8, 4) is 5.75 Å². The Kier molecular flexibility index (Phi) is 4.77. The number of nitrogens with zero attached hydrogens (tertiary/aromatic N) is 1. The van der Waals surface area contributed by atoms with Gasteiger partial charge < -0.3 is 5.11 Å². The van der Waals surface area contributed by atoms with Crippen LogP contribution < -0.4 is 5.43 Å². The Hall–Kier alpha value is -2.11. The number of halogens is 3. The van der Waals surface area contributed by atoms with E-state index in [1.54, 1.807) is 0 Å². The maximum Gasteiger partial charge on any atom is 0.275 e. The average Bonchev–Trinajstić information content (AvgIpc) is 2.44. The van der Waals surface area contributed by atoms with Crippen molar-refractivity contribution in [2.75, 3.05) is 0 Å². The number of aromatic hydroxyl groups is 1. The van der Waals surface area contributed by atoms with Gasteiger partial charge in [0.05, 0.1) is 16.8 Å². The number of carbonyl (C=O) groups is 1. The number of phenols is 1. The molecule has 0 saturated carbocycles.